The fourth-order valence-electron chi connectivity index (χ4n) is 1.74. The Balaban J connectivity index is 2.65. The van der Waals surface area contributed by atoms with Gasteiger partial charge in [-0.15, -0.1) is 0 Å². The summed E-state index contributed by atoms with van der Waals surface area (Å²) in [5.74, 6) is -0.703. The van der Waals surface area contributed by atoms with Gasteiger partial charge in [-0.2, -0.15) is 0 Å². The highest BCUT2D eigenvalue weighted by atomic mass is 16.6. The van der Waals surface area contributed by atoms with Crippen LogP contribution in [0.15, 0.2) is 0 Å². The Bertz CT molecular complexity index is 250. The molecule has 0 aromatic rings. The lowest BCUT2D eigenvalue weighted by Crippen LogP contribution is -2.32. The van der Waals surface area contributed by atoms with Gasteiger partial charge in [-0.05, 0) is 33.1 Å². The van der Waals surface area contributed by atoms with Crippen LogP contribution in [0.1, 0.15) is 40.5 Å². The molecule has 0 heterocycles. The number of ether oxygens (including phenoxy) is 1. The molecule has 0 aliphatic heterocycles. The van der Waals surface area contributed by atoms with Crippen molar-refractivity contribution < 1.29 is 14.3 Å². The van der Waals surface area contributed by atoms with Gasteiger partial charge < -0.3 is 4.74 Å². The van der Waals surface area contributed by atoms with Gasteiger partial charge in [-0.25, -0.2) is 0 Å². The Kier molecular flexibility index (Phi) is 2.98. The van der Waals surface area contributed by atoms with Gasteiger partial charge in [-0.3, -0.25) is 9.59 Å². The van der Waals surface area contributed by atoms with Crippen LogP contribution < -0.4 is 0 Å². The zero-order valence-corrected chi connectivity index (χ0v) is 9.29. The van der Waals surface area contributed by atoms with E-state index in [4.69, 9.17) is 4.74 Å². The first-order chi connectivity index (χ1) is 6.31. The summed E-state index contributed by atoms with van der Waals surface area (Å²) in [6, 6.07) is 0. The van der Waals surface area contributed by atoms with E-state index in [9.17, 15) is 9.59 Å². The predicted molar refractivity (Wildman–Crippen MR) is 52.7 cm³/mol. The van der Waals surface area contributed by atoms with Crippen LogP contribution in [0.2, 0.25) is 0 Å². The number of hydrogen-bond donors (Lipinski definition) is 0. The second kappa shape index (κ2) is 3.71. The minimum Gasteiger partial charge on any atom is -0.459 e. The molecule has 0 aromatic heterocycles. The summed E-state index contributed by atoms with van der Waals surface area (Å²) in [6.45, 7) is 7.37. The van der Waals surface area contributed by atoms with Crippen LogP contribution in [0.4, 0.5) is 0 Å². The van der Waals surface area contributed by atoms with Crippen molar-refractivity contribution in [3.05, 3.63) is 0 Å². The monoisotopic (exact) mass is 198 g/mol. The molecular formula is C11H18O3. The molecule has 1 saturated carbocycles. The van der Waals surface area contributed by atoms with Gasteiger partial charge >= 0.3 is 5.97 Å². The van der Waals surface area contributed by atoms with Crippen LogP contribution in [0.5, 0.6) is 0 Å². The molecule has 1 aliphatic carbocycles. The molecule has 2 unspecified atom stereocenters. The van der Waals surface area contributed by atoms with E-state index in [0.29, 0.717) is 6.42 Å². The first-order valence-corrected chi connectivity index (χ1v) is 5.07. The predicted octanol–water partition coefficient (Wildman–Crippen LogP) is 1.94. The van der Waals surface area contributed by atoms with Crippen molar-refractivity contribution in [1.29, 1.82) is 0 Å². The quantitative estimate of drug-likeness (QED) is 0.477. The minimum atomic E-state index is -0.519. The third kappa shape index (κ3) is 2.56. The lowest BCUT2D eigenvalue weighted by molar-refractivity contribution is -0.162. The van der Waals surface area contributed by atoms with Crippen LogP contribution >= 0.6 is 0 Å². The summed E-state index contributed by atoms with van der Waals surface area (Å²) < 4.78 is 5.20. The number of rotatable bonds is 1. The molecule has 2 atom stereocenters. The molecule has 0 N–H and O–H groups in total. The van der Waals surface area contributed by atoms with Gasteiger partial charge in [-0.1, -0.05) is 6.92 Å². The summed E-state index contributed by atoms with van der Waals surface area (Å²) in [4.78, 5) is 23.0. The smallest absolute Gasteiger partial charge is 0.317 e. The molecule has 0 bridgehead atoms. The normalized spacial score (nSPS) is 27.9. The average Bonchev–Trinajstić information content (AvgIpc) is 2.27. The zero-order valence-electron chi connectivity index (χ0n) is 9.29. The van der Waals surface area contributed by atoms with Gasteiger partial charge in [0.25, 0.3) is 0 Å². The number of Topliss-reactive ketones (excluding diaryl/α,β-unsaturated/α-hetero) is 1. The van der Waals surface area contributed by atoms with Crippen LogP contribution in [-0.4, -0.2) is 17.4 Å². The Labute approximate surface area is 84.8 Å². The highest BCUT2D eigenvalue weighted by Crippen LogP contribution is 2.30. The lowest BCUT2D eigenvalue weighted by Gasteiger charge is -2.22. The zero-order chi connectivity index (χ0) is 10.9. The van der Waals surface area contributed by atoms with Crippen LogP contribution in [0.25, 0.3) is 0 Å². The fourth-order valence-corrected chi connectivity index (χ4v) is 1.74. The van der Waals surface area contributed by atoms with E-state index in [1.165, 1.54) is 0 Å². The number of hydrogen-bond acceptors (Lipinski definition) is 3. The van der Waals surface area contributed by atoms with Gasteiger partial charge in [0.2, 0.25) is 0 Å². The molecule has 0 radical (unpaired) electrons. The third-order valence-electron chi connectivity index (χ3n) is 2.42. The molecule has 1 aliphatic rings. The van der Waals surface area contributed by atoms with Gasteiger partial charge in [0.05, 0.1) is 0 Å². The Morgan fingerprint density at radius 3 is 2.36 bits per heavy atom. The van der Waals surface area contributed by atoms with Gasteiger partial charge in [0, 0.05) is 6.42 Å². The molecule has 0 amide bonds. The van der Waals surface area contributed by atoms with E-state index in [1.807, 2.05) is 27.7 Å². The minimum absolute atomic E-state index is 0.0340. The molecule has 14 heavy (non-hydrogen) atoms. The number of esters is 1. The highest BCUT2D eigenvalue weighted by molar-refractivity contribution is 6.00. The average molecular weight is 198 g/mol. The SMILES string of the molecule is CC1CCC(=O)C1C(=O)OC(C)(C)C. The Morgan fingerprint density at radius 1 is 1.43 bits per heavy atom. The van der Waals surface area contributed by atoms with Crippen molar-refractivity contribution in [2.45, 2.75) is 46.1 Å². The lowest BCUT2D eigenvalue weighted by atomic mass is 9.97. The standard InChI is InChI=1S/C11H18O3/c1-7-5-6-8(12)9(7)10(13)14-11(2,3)4/h7,9H,5-6H2,1-4H3. The number of carbonyl (C=O) groups excluding carboxylic acids is 2. The molecule has 0 spiro atoms. The van der Waals surface area contributed by atoms with E-state index in [0.717, 1.165) is 6.42 Å². The fraction of sp³-hybridized carbons (Fsp3) is 0.818. The van der Waals surface area contributed by atoms with Crippen molar-refractivity contribution >= 4 is 11.8 Å². The second-order valence-corrected chi connectivity index (χ2v) is 4.99. The van der Waals surface area contributed by atoms with Crippen molar-refractivity contribution in [3.63, 3.8) is 0 Å². The van der Waals surface area contributed by atoms with E-state index >= 15 is 0 Å². The molecular weight excluding hydrogens is 180 g/mol. The topological polar surface area (TPSA) is 43.4 Å². The van der Waals surface area contributed by atoms with Gasteiger partial charge in [0.15, 0.2) is 0 Å². The number of ketones is 1. The Morgan fingerprint density at radius 2 is 2.00 bits per heavy atom. The molecule has 0 saturated heterocycles. The number of carbonyl (C=O) groups is 2. The van der Waals surface area contributed by atoms with Crippen molar-refractivity contribution in [1.82, 2.24) is 0 Å². The van der Waals surface area contributed by atoms with Crippen LogP contribution in [-0.2, 0) is 14.3 Å². The molecule has 80 valence electrons. The molecule has 0 aromatic carbocycles. The first kappa shape index (κ1) is 11.2. The summed E-state index contributed by atoms with van der Waals surface area (Å²) in [5.41, 5.74) is -0.500. The molecule has 3 nitrogen and oxygen atoms in total. The van der Waals surface area contributed by atoms with Crippen molar-refractivity contribution in [2.24, 2.45) is 11.8 Å². The highest BCUT2D eigenvalue weighted by Gasteiger charge is 2.39. The van der Waals surface area contributed by atoms with Gasteiger partial charge in [0.1, 0.15) is 17.3 Å². The maximum Gasteiger partial charge on any atom is 0.317 e. The van der Waals surface area contributed by atoms with E-state index in [-0.39, 0.29) is 17.7 Å². The molecule has 1 fully saturated rings. The summed E-state index contributed by atoms with van der Waals surface area (Å²) in [5, 5.41) is 0. The van der Waals surface area contributed by atoms with E-state index in [2.05, 4.69) is 0 Å². The largest absolute Gasteiger partial charge is 0.459 e. The molecule has 1 rings (SSSR count). The van der Waals surface area contributed by atoms with Crippen molar-refractivity contribution in [2.75, 3.05) is 0 Å². The van der Waals surface area contributed by atoms with Crippen molar-refractivity contribution in [3.8, 4) is 0 Å². The van der Waals surface area contributed by atoms with E-state index in [1.54, 1.807) is 0 Å². The second-order valence-electron chi connectivity index (χ2n) is 4.99. The summed E-state index contributed by atoms with van der Waals surface area (Å²) in [6.07, 6.45) is 1.33. The Hall–Kier alpha value is -0.860. The van der Waals surface area contributed by atoms with E-state index < -0.39 is 11.5 Å². The first-order valence-electron chi connectivity index (χ1n) is 5.07. The summed E-state index contributed by atoms with van der Waals surface area (Å²) in [7, 11) is 0. The maximum atomic E-state index is 11.6. The maximum absolute atomic E-state index is 11.6. The molecule has 3 heteroatoms. The third-order valence-corrected chi connectivity index (χ3v) is 2.42. The van der Waals surface area contributed by atoms with Crippen LogP contribution in [0, 0.1) is 11.8 Å². The summed E-state index contributed by atoms with van der Waals surface area (Å²) >= 11 is 0. The van der Waals surface area contributed by atoms with Crippen LogP contribution in [0.3, 0.4) is 0 Å².